The Balaban J connectivity index is 1.53. The predicted molar refractivity (Wildman–Crippen MR) is 100 cm³/mol. The molecule has 1 amide bonds. The number of nitrogens with two attached hydrogens (primary N) is 1. The fraction of sp³-hybridized carbons (Fsp3) is 0.579. The van der Waals surface area contributed by atoms with Crippen molar-refractivity contribution in [1.82, 2.24) is 10.6 Å². The molecule has 1 aliphatic carbocycles. The summed E-state index contributed by atoms with van der Waals surface area (Å²) in [6.07, 6.45) is 4.33. The van der Waals surface area contributed by atoms with E-state index in [9.17, 15) is 4.79 Å². The van der Waals surface area contributed by atoms with Crippen LogP contribution in [-0.2, 0) is 4.74 Å². The third-order valence-electron chi connectivity index (χ3n) is 4.72. The van der Waals surface area contributed by atoms with Crippen molar-refractivity contribution in [2.75, 3.05) is 45.1 Å². The van der Waals surface area contributed by atoms with Crippen molar-refractivity contribution in [2.24, 2.45) is 16.8 Å². The van der Waals surface area contributed by atoms with Crippen molar-refractivity contribution >= 4 is 17.8 Å². The maximum Gasteiger partial charge on any atom is 0.251 e. The molecular formula is C19H28N4O2. The Morgan fingerprint density at radius 1 is 1.40 bits per heavy atom. The number of carbonyl (C=O) groups is 1. The molecule has 0 aromatic heterocycles. The van der Waals surface area contributed by atoms with Crippen molar-refractivity contribution < 1.29 is 9.53 Å². The molecule has 1 saturated carbocycles. The summed E-state index contributed by atoms with van der Waals surface area (Å²) in [6, 6.07) is 3.67. The quantitative estimate of drug-likeness (QED) is 0.359. The van der Waals surface area contributed by atoms with Gasteiger partial charge in [-0.25, -0.2) is 0 Å². The summed E-state index contributed by atoms with van der Waals surface area (Å²) < 4.78 is 5.55. The predicted octanol–water partition coefficient (Wildman–Crippen LogP) is 1.37. The maximum atomic E-state index is 12.4. The van der Waals surface area contributed by atoms with Gasteiger partial charge in [-0.05, 0) is 43.4 Å². The van der Waals surface area contributed by atoms with Crippen molar-refractivity contribution in [3.05, 3.63) is 28.8 Å². The van der Waals surface area contributed by atoms with Gasteiger partial charge in [-0.1, -0.05) is 0 Å². The van der Waals surface area contributed by atoms with E-state index in [2.05, 4.69) is 15.6 Å². The van der Waals surface area contributed by atoms with Crippen LogP contribution in [0.4, 0.5) is 5.69 Å². The molecule has 25 heavy (non-hydrogen) atoms. The number of nitrogens with one attached hydrogen (secondary N) is 2. The van der Waals surface area contributed by atoms with Gasteiger partial charge in [0.2, 0.25) is 0 Å². The summed E-state index contributed by atoms with van der Waals surface area (Å²) in [5, 5.41) is 6.14. The molecule has 6 heteroatoms. The Morgan fingerprint density at radius 2 is 2.20 bits per heavy atom. The molecule has 0 radical (unpaired) electrons. The number of anilines is 1. The van der Waals surface area contributed by atoms with E-state index in [1.807, 2.05) is 19.1 Å². The zero-order valence-electron chi connectivity index (χ0n) is 14.9. The second-order valence-corrected chi connectivity index (χ2v) is 7.09. The minimum absolute atomic E-state index is 0.0923. The first-order chi connectivity index (χ1) is 12.1. The van der Waals surface area contributed by atoms with Crippen LogP contribution in [0.25, 0.3) is 0 Å². The van der Waals surface area contributed by atoms with Gasteiger partial charge in [0.1, 0.15) is 0 Å². The normalized spacial score (nSPS) is 17.6. The molecule has 4 N–H and O–H groups in total. The van der Waals surface area contributed by atoms with E-state index in [1.165, 1.54) is 12.8 Å². The summed E-state index contributed by atoms with van der Waals surface area (Å²) in [5.74, 6) is 1.26. The largest absolute Gasteiger partial charge is 0.398 e. The van der Waals surface area contributed by atoms with Gasteiger partial charge in [0, 0.05) is 61.7 Å². The smallest absolute Gasteiger partial charge is 0.251 e. The van der Waals surface area contributed by atoms with Gasteiger partial charge < -0.3 is 21.1 Å². The van der Waals surface area contributed by atoms with E-state index >= 15 is 0 Å². The van der Waals surface area contributed by atoms with Gasteiger partial charge in [0.05, 0.1) is 6.61 Å². The Kier molecular flexibility index (Phi) is 6.04. The van der Waals surface area contributed by atoms with Gasteiger partial charge >= 0.3 is 0 Å². The highest BCUT2D eigenvalue weighted by atomic mass is 16.5. The molecule has 1 aromatic rings. The van der Waals surface area contributed by atoms with Crippen molar-refractivity contribution in [3.8, 4) is 0 Å². The number of nitrogen functional groups attached to an aromatic ring is 1. The van der Waals surface area contributed by atoms with E-state index in [-0.39, 0.29) is 5.91 Å². The van der Waals surface area contributed by atoms with E-state index in [4.69, 9.17) is 10.5 Å². The number of nitrogens with zero attached hydrogens (tertiary/aromatic N) is 1. The lowest BCUT2D eigenvalue weighted by molar-refractivity contribution is 0.0906. The number of aliphatic imine (C=N–C) groups is 1. The summed E-state index contributed by atoms with van der Waals surface area (Å²) in [7, 11) is 0. The molecule has 0 atom stereocenters. The molecule has 6 nitrogen and oxygen atoms in total. The molecule has 136 valence electrons. The fourth-order valence-corrected chi connectivity index (χ4v) is 2.75. The topological polar surface area (TPSA) is 88.7 Å². The first-order valence-electron chi connectivity index (χ1n) is 9.10. The number of benzene rings is 1. The Bertz CT molecular complexity index is 637. The fourth-order valence-electron chi connectivity index (χ4n) is 2.75. The van der Waals surface area contributed by atoms with E-state index in [1.54, 1.807) is 6.21 Å². The summed E-state index contributed by atoms with van der Waals surface area (Å²) in [6.45, 7) is 6.63. The van der Waals surface area contributed by atoms with Gasteiger partial charge in [0.15, 0.2) is 0 Å². The third kappa shape index (κ3) is 5.28. The monoisotopic (exact) mass is 344 g/mol. The number of ether oxygens (including phenoxy) is 1. The molecule has 0 bridgehead atoms. The van der Waals surface area contributed by atoms with Gasteiger partial charge in [0.25, 0.3) is 5.91 Å². The number of rotatable bonds is 9. The average Bonchev–Trinajstić information content (AvgIpc) is 3.35. The molecule has 1 heterocycles. The van der Waals surface area contributed by atoms with Crippen LogP contribution in [0.2, 0.25) is 0 Å². The maximum absolute atomic E-state index is 12.4. The van der Waals surface area contributed by atoms with Crippen LogP contribution in [0.3, 0.4) is 0 Å². The highest BCUT2D eigenvalue weighted by molar-refractivity contribution is 5.99. The second-order valence-electron chi connectivity index (χ2n) is 7.09. The van der Waals surface area contributed by atoms with Crippen LogP contribution in [0.15, 0.2) is 17.1 Å². The van der Waals surface area contributed by atoms with Crippen molar-refractivity contribution in [3.63, 3.8) is 0 Å². The molecule has 1 aromatic carbocycles. The molecule has 1 saturated heterocycles. The molecule has 2 fully saturated rings. The zero-order chi connectivity index (χ0) is 17.6. The molecule has 3 rings (SSSR count). The summed E-state index contributed by atoms with van der Waals surface area (Å²) in [5.41, 5.74) is 9.03. The second kappa shape index (κ2) is 8.45. The minimum Gasteiger partial charge on any atom is -0.398 e. The highest BCUT2D eigenvalue weighted by Gasteiger charge is 2.21. The number of hydrogen-bond donors (Lipinski definition) is 3. The minimum atomic E-state index is -0.0923. The van der Waals surface area contributed by atoms with Crippen molar-refractivity contribution in [1.29, 1.82) is 0 Å². The molecule has 1 aliphatic heterocycles. The van der Waals surface area contributed by atoms with Crippen LogP contribution < -0.4 is 16.4 Å². The Labute approximate surface area is 149 Å². The number of aryl methyl sites for hydroxylation is 1. The first-order valence-corrected chi connectivity index (χ1v) is 9.10. The SMILES string of the molecule is Cc1cc(N)c(C=NCC2CNC2)cc1C(=O)NCCOCC1CC1. The summed E-state index contributed by atoms with van der Waals surface area (Å²) in [4.78, 5) is 16.9. The van der Waals surface area contributed by atoms with Crippen LogP contribution in [-0.4, -0.2) is 51.5 Å². The van der Waals surface area contributed by atoms with E-state index < -0.39 is 0 Å². The van der Waals surface area contributed by atoms with Crippen LogP contribution in [0.1, 0.15) is 34.3 Å². The molecule has 0 spiro atoms. The van der Waals surface area contributed by atoms with Crippen molar-refractivity contribution in [2.45, 2.75) is 19.8 Å². The first kappa shape index (κ1) is 17.9. The van der Waals surface area contributed by atoms with E-state index in [0.717, 1.165) is 43.3 Å². The van der Waals surface area contributed by atoms with Gasteiger partial charge in [-0.2, -0.15) is 0 Å². The standard InChI is InChI=1S/C19H28N4O2/c1-13-6-18(20)16(11-22-10-15-8-21-9-15)7-17(13)19(24)23-4-5-25-12-14-2-3-14/h6-7,11,14-15,21H,2-5,8-10,12,20H2,1H3,(H,23,24). The van der Waals surface area contributed by atoms with Gasteiger partial charge in [-0.3, -0.25) is 9.79 Å². The Hall–Kier alpha value is -1.92. The van der Waals surface area contributed by atoms with Crippen LogP contribution >= 0.6 is 0 Å². The lowest BCUT2D eigenvalue weighted by Crippen LogP contribution is -2.43. The number of amides is 1. The highest BCUT2D eigenvalue weighted by Crippen LogP contribution is 2.28. The Morgan fingerprint density at radius 3 is 2.88 bits per heavy atom. The lowest BCUT2D eigenvalue weighted by atomic mass is 10.0. The molecule has 2 aliphatic rings. The van der Waals surface area contributed by atoms with Gasteiger partial charge in [-0.15, -0.1) is 0 Å². The molecule has 0 unspecified atom stereocenters. The third-order valence-corrected chi connectivity index (χ3v) is 4.72. The summed E-state index contributed by atoms with van der Waals surface area (Å²) >= 11 is 0. The zero-order valence-corrected chi connectivity index (χ0v) is 14.9. The molecular weight excluding hydrogens is 316 g/mol. The number of hydrogen-bond acceptors (Lipinski definition) is 5. The van der Waals surface area contributed by atoms with Crippen LogP contribution in [0, 0.1) is 18.8 Å². The van der Waals surface area contributed by atoms with Crippen LogP contribution in [0.5, 0.6) is 0 Å². The number of carbonyl (C=O) groups excluding carboxylic acids is 1. The lowest BCUT2D eigenvalue weighted by Gasteiger charge is -2.24. The average molecular weight is 344 g/mol. The van der Waals surface area contributed by atoms with E-state index in [0.29, 0.717) is 30.3 Å².